The maximum atomic E-state index is 13.1. The molecule has 0 unspecified atom stereocenters. The van der Waals surface area contributed by atoms with Crippen molar-refractivity contribution in [2.24, 2.45) is 0 Å². The van der Waals surface area contributed by atoms with Crippen LogP contribution in [-0.4, -0.2) is 24.0 Å². The third-order valence-electron chi connectivity index (χ3n) is 4.50. The van der Waals surface area contributed by atoms with E-state index in [1.807, 2.05) is 24.3 Å². The number of nitrogens with one attached hydrogen (secondary N) is 1. The molecule has 1 fully saturated rings. The third kappa shape index (κ3) is 4.98. The molecule has 0 saturated carbocycles. The molecular weight excluding hydrogens is 393 g/mol. The van der Waals surface area contributed by atoms with Gasteiger partial charge in [0.25, 0.3) is 0 Å². The van der Waals surface area contributed by atoms with Gasteiger partial charge in [-0.05, 0) is 42.7 Å². The molecule has 1 aliphatic rings. The molecule has 2 aromatic carbocycles. The fraction of sp³-hybridized carbons (Fsp3) is 0.368. The van der Waals surface area contributed by atoms with Crippen LogP contribution in [0, 0.1) is 0 Å². The van der Waals surface area contributed by atoms with Crippen molar-refractivity contribution in [3.05, 3.63) is 64.1 Å². The highest BCUT2D eigenvalue weighted by atomic mass is 79.9. The van der Waals surface area contributed by atoms with E-state index in [2.05, 4.69) is 26.1 Å². The molecule has 1 aliphatic heterocycles. The minimum atomic E-state index is -4.29. The molecule has 1 heterocycles. The number of likely N-dealkylation sites (tertiary alicyclic amines) is 1. The molecule has 134 valence electrons. The van der Waals surface area contributed by atoms with Crippen LogP contribution >= 0.6 is 15.9 Å². The molecule has 1 saturated heterocycles. The Kier molecular flexibility index (Phi) is 5.69. The van der Waals surface area contributed by atoms with Gasteiger partial charge in [0.1, 0.15) is 0 Å². The lowest BCUT2D eigenvalue weighted by Crippen LogP contribution is -2.39. The molecule has 3 rings (SSSR count). The van der Waals surface area contributed by atoms with Crippen LogP contribution in [0.2, 0.25) is 0 Å². The Morgan fingerprint density at radius 1 is 1.04 bits per heavy atom. The summed E-state index contributed by atoms with van der Waals surface area (Å²) in [4.78, 5) is 2.10. The number of piperidine rings is 1. The fourth-order valence-corrected chi connectivity index (χ4v) is 3.62. The molecule has 0 bridgehead atoms. The van der Waals surface area contributed by atoms with Gasteiger partial charge in [0.2, 0.25) is 0 Å². The van der Waals surface area contributed by atoms with Crippen molar-refractivity contribution in [1.29, 1.82) is 0 Å². The largest absolute Gasteiger partial charge is 0.416 e. The van der Waals surface area contributed by atoms with Crippen LogP contribution in [0.1, 0.15) is 24.0 Å². The van der Waals surface area contributed by atoms with Gasteiger partial charge in [0, 0.05) is 35.8 Å². The lowest BCUT2D eigenvalue weighted by atomic mass is 10.0. The predicted octanol–water partition coefficient (Wildman–Crippen LogP) is 5.54. The molecule has 0 aromatic heterocycles. The van der Waals surface area contributed by atoms with Gasteiger partial charge in [0.15, 0.2) is 0 Å². The zero-order valence-corrected chi connectivity index (χ0v) is 15.3. The van der Waals surface area contributed by atoms with Crippen molar-refractivity contribution in [2.75, 3.05) is 18.4 Å². The fourth-order valence-electron chi connectivity index (χ4n) is 3.23. The summed E-state index contributed by atoms with van der Waals surface area (Å²) in [5.74, 6) is 0. The second-order valence-electron chi connectivity index (χ2n) is 6.36. The zero-order valence-electron chi connectivity index (χ0n) is 13.7. The van der Waals surface area contributed by atoms with E-state index in [1.54, 1.807) is 12.1 Å². The van der Waals surface area contributed by atoms with Gasteiger partial charge in [-0.2, -0.15) is 13.2 Å². The van der Waals surface area contributed by atoms with Gasteiger partial charge >= 0.3 is 6.18 Å². The number of hydrogen-bond acceptors (Lipinski definition) is 2. The Hall–Kier alpha value is -1.53. The maximum absolute atomic E-state index is 13.1. The van der Waals surface area contributed by atoms with E-state index in [-0.39, 0.29) is 0 Å². The van der Waals surface area contributed by atoms with Gasteiger partial charge in [-0.25, -0.2) is 0 Å². The highest BCUT2D eigenvalue weighted by molar-refractivity contribution is 9.10. The van der Waals surface area contributed by atoms with Gasteiger partial charge in [-0.3, -0.25) is 4.90 Å². The van der Waals surface area contributed by atoms with Crippen LogP contribution in [0.15, 0.2) is 53.0 Å². The van der Waals surface area contributed by atoms with Crippen LogP contribution in [0.3, 0.4) is 0 Å². The standard InChI is InChI=1S/C19H20BrF3N2/c20-15-5-3-6-17(12-15)24-16-8-10-25(11-9-16)13-14-4-1-2-7-18(14)19(21,22)23/h1-7,12,16,24H,8-11,13H2. The van der Waals surface area contributed by atoms with Crippen LogP contribution in [0.4, 0.5) is 18.9 Å². The van der Waals surface area contributed by atoms with Crippen molar-refractivity contribution in [3.63, 3.8) is 0 Å². The number of hydrogen-bond donors (Lipinski definition) is 1. The Morgan fingerprint density at radius 3 is 2.44 bits per heavy atom. The van der Waals surface area contributed by atoms with Crippen LogP contribution < -0.4 is 5.32 Å². The molecule has 0 amide bonds. The van der Waals surface area contributed by atoms with Crippen LogP contribution in [-0.2, 0) is 12.7 Å². The Balaban J connectivity index is 1.57. The van der Waals surface area contributed by atoms with Gasteiger partial charge in [-0.1, -0.05) is 40.2 Å². The molecular formula is C19H20BrF3N2. The van der Waals surface area contributed by atoms with E-state index < -0.39 is 11.7 Å². The first-order valence-corrected chi connectivity index (χ1v) is 9.11. The summed E-state index contributed by atoms with van der Waals surface area (Å²) in [6.07, 6.45) is -2.46. The van der Waals surface area contributed by atoms with E-state index in [1.165, 1.54) is 6.07 Å². The Labute approximate surface area is 154 Å². The Morgan fingerprint density at radius 2 is 1.76 bits per heavy atom. The number of anilines is 1. The average molecular weight is 413 g/mol. The summed E-state index contributed by atoms with van der Waals surface area (Å²) in [6, 6.07) is 14.2. The lowest BCUT2D eigenvalue weighted by Gasteiger charge is -2.33. The summed E-state index contributed by atoms with van der Waals surface area (Å²) >= 11 is 3.46. The number of benzene rings is 2. The summed E-state index contributed by atoms with van der Waals surface area (Å²) in [5, 5.41) is 3.51. The summed E-state index contributed by atoms with van der Waals surface area (Å²) in [7, 11) is 0. The molecule has 1 N–H and O–H groups in total. The minimum Gasteiger partial charge on any atom is -0.382 e. The summed E-state index contributed by atoms with van der Waals surface area (Å²) in [5.41, 5.74) is 0.896. The monoisotopic (exact) mass is 412 g/mol. The van der Waals surface area contributed by atoms with E-state index >= 15 is 0 Å². The van der Waals surface area contributed by atoms with Crippen molar-refractivity contribution in [1.82, 2.24) is 4.90 Å². The quantitative estimate of drug-likeness (QED) is 0.708. The number of nitrogens with zero attached hydrogens (tertiary/aromatic N) is 1. The van der Waals surface area contributed by atoms with Gasteiger partial charge in [-0.15, -0.1) is 0 Å². The highest BCUT2D eigenvalue weighted by Crippen LogP contribution is 2.32. The number of rotatable bonds is 4. The topological polar surface area (TPSA) is 15.3 Å². The van der Waals surface area contributed by atoms with Crippen LogP contribution in [0.25, 0.3) is 0 Å². The lowest BCUT2D eigenvalue weighted by molar-refractivity contribution is -0.138. The van der Waals surface area contributed by atoms with Gasteiger partial charge < -0.3 is 5.32 Å². The summed E-state index contributed by atoms with van der Waals surface area (Å²) < 4.78 is 40.3. The van der Waals surface area contributed by atoms with Crippen LogP contribution in [0.5, 0.6) is 0 Å². The van der Waals surface area contributed by atoms with E-state index in [9.17, 15) is 13.2 Å². The first-order chi connectivity index (χ1) is 11.9. The average Bonchev–Trinajstić information content (AvgIpc) is 2.56. The molecule has 0 radical (unpaired) electrons. The number of halogens is 4. The second-order valence-corrected chi connectivity index (χ2v) is 7.28. The predicted molar refractivity (Wildman–Crippen MR) is 97.5 cm³/mol. The first kappa shape index (κ1) is 18.3. The van der Waals surface area contributed by atoms with E-state index in [4.69, 9.17) is 0 Å². The third-order valence-corrected chi connectivity index (χ3v) is 4.99. The molecule has 0 aliphatic carbocycles. The molecule has 2 aromatic rings. The van der Waals surface area contributed by atoms with Crippen molar-refractivity contribution >= 4 is 21.6 Å². The SMILES string of the molecule is FC(F)(F)c1ccccc1CN1CCC(Nc2cccc(Br)c2)CC1. The molecule has 25 heavy (non-hydrogen) atoms. The second kappa shape index (κ2) is 7.79. The first-order valence-electron chi connectivity index (χ1n) is 8.31. The van der Waals surface area contributed by atoms with Gasteiger partial charge in [0.05, 0.1) is 5.56 Å². The normalized spacial score (nSPS) is 16.8. The molecule has 0 atom stereocenters. The zero-order chi connectivity index (χ0) is 17.9. The number of alkyl halides is 3. The van der Waals surface area contributed by atoms with Crippen molar-refractivity contribution in [3.8, 4) is 0 Å². The van der Waals surface area contributed by atoms with E-state index in [0.717, 1.165) is 42.2 Å². The summed E-state index contributed by atoms with van der Waals surface area (Å²) in [6.45, 7) is 1.93. The molecule has 2 nitrogen and oxygen atoms in total. The molecule has 0 spiro atoms. The smallest absolute Gasteiger partial charge is 0.382 e. The molecule has 6 heteroatoms. The van der Waals surface area contributed by atoms with Crippen molar-refractivity contribution < 1.29 is 13.2 Å². The minimum absolute atomic E-state index is 0.347. The maximum Gasteiger partial charge on any atom is 0.416 e. The highest BCUT2D eigenvalue weighted by Gasteiger charge is 2.33. The Bertz CT molecular complexity index is 710. The van der Waals surface area contributed by atoms with E-state index in [0.29, 0.717) is 18.2 Å². The van der Waals surface area contributed by atoms with Crippen molar-refractivity contribution in [2.45, 2.75) is 31.6 Å².